The fraction of sp³-hybridized carbons (Fsp3) is 0.444. The van der Waals surface area contributed by atoms with Crippen molar-refractivity contribution >= 4 is 38.0 Å². The van der Waals surface area contributed by atoms with Gasteiger partial charge in [0.05, 0.1) is 11.5 Å². The summed E-state index contributed by atoms with van der Waals surface area (Å²) in [6.07, 6.45) is 0. The summed E-state index contributed by atoms with van der Waals surface area (Å²) < 4.78 is 25.7. The van der Waals surface area contributed by atoms with E-state index in [1.54, 1.807) is 13.8 Å². The van der Waals surface area contributed by atoms with Crippen LogP contribution in [0.5, 0.6) is 0 Å². The van der Waals surface area contributed by atoms with Crippen LogP contribution in [0.2, 0.25) is 0 Å². The number of anilines is 1. The lowest BCUT2D eigenvalue weighted by molar-refractivity contribution is -0.383. The molecule has 21 heavy (non-hydrogen) atoms. The van der Waals surface area contributed by atoms with Gasteiger partial charge in [-0.05, 0) is 13.8 Å². The Kier molecular flexibility index (Phi) is 5.60. The minimum atomic E-state index is -4.03. The number of carbonyl (C=O) groups excluding carboxylic acids is 1. The minimum absolute atomic E-state index is 0.0907. The molecule has 0 aliphatic carbocycles. The molecule has 0 aromatic carbocycles. The summed E-state index contributed by atoms with van der Waals surface area (Å²) in [5.74, 6) is 4.60. The van der Waals surface area contributed by atoms with Gasteiger partial charge in [-0.1, -0.05) is 11.3 Å². The molecule has 1 heterocycles. The summed E-state index contributed by atoms with van der Waals surface area (Å²) in [5.41, 5.74) is 1.62. The zero-order valence-corrected chi connectivity index (χ0v) is 12.9. The molecule has 1 aromatic rings. The van der Waals surface area contributed by atoms with Crippen LogP contribution in [0.4, 0.5) is 10.7 Å². The summed E-state index contributed by atoms with van der Waals surface area (Å²) in [6.45, 7) is 3.00. The van der Waals surface area contributed by atoms with Crippen LogP contribution in [0.25, 0.3) is 0 Å². The second-order valence-electron chi connectivity index (χ2n) is 4.23. The Morgan fingerprint density at radius 2 is 2.14 bits per heavy atom. The second kappa shape index (κ2) is 6.80. The van der Waals surface area contributed by atoms with Gasteiger partial charge in [-0.15, -0.1) is 0 Å². The maximum atomic E-state index is 12.0. The smallest absolute Gasteiger partial charge is 0.306 e. The standard InChI is InChI=1S/C9H15N5O5S2/c1-5(2)12-7(15)4-11-21(18,19)8-3-6(14(16)17)9(13-10)20-8/h3,5,11,13H,4,10H2,1-2H3,(H,12,15). The van der Waals surface area contributed by atoms with Crippen molar-refractivity contribution in [3.8, 4) is 0 Å². The number of thiophene rings is 1. The molecule has 0 bridgehead atoms. The minimum Gasteiger partial charge on any atom is -0.353 e. The number of nitro groups is 1. The Morgan fingerprint density at radius 1 is 1.52 bits per heavy atom. The van der Waals surface area contributed by atoms with E-state index in [1.807, 2.05) is 0 Å². The SMILES string of the molecule is CC(C)NC(=O)CNS(=O)(=O)c1cc([N+](=O)[O-])c(NN)s1. The van der Waals surface area contributed by atoms with Gasteiger partial charge in [0, 0.05) is 12.1 Å². The van der Waals surface area contributed by atoms with E-state index < -0.39 is 33.1 Å². The van der Waals surface area contributed by atoms with Crippen molar-refractivity contribution in [2.45, 2.75) is 24.1 Å². The number of nitrogen functional groups attached to an aromatic ring is 1. The average molecular weight is 337 g/mol. The van der Waals surface area contributed by atoms with E-state index >= 15 is 0 Å². The Hall–Kier alpha value is -1.76. The van der Waals surface area contributed by atoms with Gasteiger partial charge in [-0.2, -0.15) is 0 Å². The number of rotatable bonds is 7. The fourth-order valence-electron chi connectivity index (χ4n) is 1.34. The summed E-state index contributed by atoms with van der Waals surface area (Å²) in [6, 6.07) is 0.751. The highest BCUT2D eigenvalue weighted by Gasteiger charge is 2.26. The number of amides is 1. The summed E-state index contributed by atoms with van der Waals surface area (Å²) >= 11 is 0.600. The van der Waals surface area contributed by atoms with Crippen molar-refractivity contribution < 1.29 is 18.1 Å². The van der Waals surface area contributed by atoms with Crippen LogP contribution in [0.15, 0.2) is 10.3 Å². The number of nitrogens with one attached hydrogen (secondary N) is 3. The molecule has 0 unspecified atom stereocenters. The molecule has 1 amide bonds. The zero-order chi connectivity index (χ0) is 16.2. The quantitative estimate of drug-likeness (QED) is 0.303. The maximum absolute atomic E-state index is 12.0. The monoisotopic (exact) mass is 337 g/mol. The highest BCUT2D eigenvalue weighted by molar-refractivity contribution is 7.91. The molecule has 0 aliphatic rings. The van der Waals surface area contributed by atoms with E-state index in [1.165, 1.54) is 0 Å². The van der Waals surface area contributed by atoms with Crippen LogP contribution in [0.3, 0.4) is 0 Å². The predicted molar refractivity (Wildman–Crippen MR) is 77.3 cm³/mol. The van der Waals surface area contributed by atoms with Crippen molar-refractivity contribution in [2.75, 3.05) is 12.0 Å². The second-order valence-corrected chi connectivity index (χ2v) is 7.27. The van der Waals surface area contributed by atoms with E-state index in [9.17, 15) is 23.3 Å². The summed E-state index contributed by atoms with van der Waals surface area (Å²) in [4.78, 5) is 21.4. The van der Waals surface area contributed by atoms with Crippen LogP contribution >= 0.6 is 11.3 Å². The predicted octanol–water partition coefficient (Wildman–Crippen LogP) is -0.255. The van der Waals surface area contributed by atoms with Crippen molar-refractivity contribution in [3.63, 3.8) is 0 Å². The third kappa shape index (κ3) is 4.63. The topological polar surface area (TPSA) is 156 Å². The molecule has 0 spiro atoms. The lowest BCUT2D eigenvalue weighted by atomic mass is 10.4. The average Bonchev–Trinajstić information content (AvgIpc) is 2.80. The highest BCUT2D eigenvalue weighted by atomic mass is 32.2. The van der Waals surface area contributed by atoms with Crippen LogP contribution in [-0.2, 0) is 14.8 Å². The first-order chi connectivity index (χ1) is 9.67. The highest BCUT2D eigenvalue weighted by Crippen LogP contribution is 2.36. The molecule has 5 N–H and O–H groups in total. The van der Waals surface area contributed by atoms with Gasteiger partial charge in [-0.25, -0.2) is 19.0 Å². The molecule has 0 fully saturated rings. The van der Waals surface area contributed by atoms with Crippen LogP contribution < -0.4 is 21.3 Å². The van der Waals surface area contributed by atoms with Crippen LogP contribution in [0, 0.1) is 10.1 Å². The fourth-order valence-corrected chi connectivity index (χ4v) is 3.60. The molecule has 0 saturated carbocycles. The van der Waals surface area contributed by atoms with Gasteiger partial charge in [0.15, 0.2) is 5.00 Å². The molecular weight excluding hydrogens is 322 g/mol. The Morgan fingerprint density at radius 3 is 2.57 bits per heavy atom. The molecule has 1 rings (SSSR count). The van der Waals surface area contributed by atoms with E-state index in [0.29, 0.717) is 11.3 Å². The number of hydrogen-bond donors (Lipinski definition) is 4. The first kappa shape index (κ1) is 17.3. The Labute approximate surface area is 124 Å². The van der Waals surface area contributed by atoms with E-state index in [0.717, 1.165) is 6.07 Å². The Bertz CT molecular complexity index is 639. The van der Waals surface area contributed by atoms with Crippen molar-refractivity contribution in [2.24, 2.45) is 5.84 Å². The van der Waals surface area contributed by atoms with Gasteiger partial charge in [0.2, 0.25) is 5.91 Å². The number of hydrogen-bond acceptors (Lipinski definition) is 8. The first-order valence-electron chi connectivity index (χ1n) is 5.71. The molecule has 0 aliphatic heterocycles. The lowest BCUT2D eigenvalue weighted by Gasteiger charge is -2.08. The number of sulfonamides is 1. The molecule has 10 nitrogen and oxygen atoms in total. The van der Waals surface area contributed by atoms with Gasteiger partial charge in [0.1, 0.15) is 4.21 Å². The zero-order valence-electron chi connectivity index (χ0n) is 11.2. The molecule has 118 valence electrons. The number of nitrogens with zero attached hydrogens (tertiary/aromatic N) is 1. The molecule has 0 atom stereocenters. The molecular formula is C9H15N5O5S2. The third-order valence-electron chi connectivity index (χ3n) is 2.15. The van der Waals surface area contributed by atoms with Crippen molar-refractivity contribution in [1.29, 1.82) is 0 Å². The number of nitrogens with two attached hydrogens (primary N) is 1. The molecule has 0 radical (unpaired) electrons. The van der Waals surface area contributed by atoms with E-state index in [-0.39, 0.29) is 15.3 Å². The lowest BCUT2D eigenvalue weighted by Crippen LogP contribution is -2.39. The summed E-state index contributed by atoms with van der Waals surface area (Å²) in [5, 5.41) is 13.2. The van der Waals surface area contributed by atoms with Crippen molar-refractivity contribution in [1.82, 2.24) is 10.0 Å². The van der Waals surface area contributed by atoms with Gasteiger partial charge < -0.3 is 10.7 Å². The third-order valence-corrected chi connectivity index (χ3v) is 5.09. The normalized spacial score (nSPS) is 11.4. The van der Waals surface area contributed by atoms with Gasteiger partial charge >= 0.3 is 5.69 Å². The molecule has 1 aromatic heterocycles. The molecule has 12 heteroatoms. The largest absolute Gasteiger partial charge is 0.353 e. The van der Waals surface area contributed by atoms with E-state index in [4.69, 9.17) is 5.84 Å². The molecule has 0 saturated heterocycles. The van der Waals surface area contributed by atoms with Crippen molar-refractivity contribution in [3.05, 3.63) is 16.2 Å². The van der Waals surface area contributed by atoms with Crippen LogP contribution in [-0.4, -0.2) is 31.8 Å². The Balaban J connectivity index is 2.88. The van der Waals surface area contributed by atoms with Crippen LogP contribution in [0.1, 0.15) is 13.8 Å². The number of carbonyl (C=O) groups is 1. The van der Waals surface area contributed by atoms with Gasteiger partial charge in [-0.3, -0.25) is 14.9 Å². The first-order valence-corrected chi connectivity index (χ1v) is 8.01. The van der Waals surface area contributed by atoms with E-state index in [2.05, 4.69) is 15.5 Å². The van der Waals surface area contributed by atoms with Gasteiger partial charge in [0.25, 0.3) is 10.0 Å². The number of hydrazine groups is 1. The maximum Gasteiger partial charge on any atom is 0.306 e. The summed E-state index contributed by atoms with van der Waals surface area (Å²) in [7, 11) is -4.03.